The van der Waals surface area contributed by atoms with Crippen LogP contribution in [0.5, 0.6) is 5.75 Å². The highest BCUT2D eigenvalue weighted by Crippen LogP contribution is 2.50. The number of carbonyl (C=O) groups is 2. The van der Waals surface area contributed by atoms with Crippen LogP contribution in [-0.2, 0) is 9.22 Å². The van der Waals surface area contributed by atoms with E-state index in [1.54, 1.807) is 6.07 Å². The van der Waals surface area contributed by atoms with E-state index >= 15 is 0 Å². The number of para-hydroxylation sites is 1. The number of ether oxygens (including phenoxy) is 1. The fourth-order valence-corrected chi connectivity index (χ4v) is 7.48. The first kappa shape index (κ1) is 29.5. The van der Waals surface area contributed by atoms with Gasteiger partial charge in [-0.1, -0.05) is 90.9 Å². The molecule has 2 amide bonds. The fraction of sp³-hybridized carbons (Fsp3) is 0.576. The van der Waals surface area contributed by atoms with Gasteiger partial charge >= 0.3 is 0 Å². The molecule has 39 heavy (non-hydrogen) atoms. The van der Waals surface area contributed by atoms with Gasteiger partial charge in [0.05, 0.1) is 17.6 Å². The van der Waals surface area contributed by atoms with E-state index < -0.39 is 26.1 Å². The molecule has 0 aromatic heterocycles. The second kappa shape index (κ2) is 10.9. The second-order valence-electron chi connectivity index (χ2n) is 13.7. The summed E-state index contributed by atoms with van der Waals surface area (Å²) in [6.45, 7) is 19.5. The Morgan fingerprint density at radius 1 is 1.03 bits per heavy atom. The van der Waals surface area contributed by atoms with Gasteiger partial charge in [-0.3, -0.25) is 9.59 Å². The molecule has 1 aliphatic carbocycles. The summed E-state index contributed by atoms with van der Waals surface area (Å²) >= 11 is 0. The van der Waals surface area contributed by atoms with Crippen LogP contribution in [0.1, 0.15) is 89.8 Å². The Labute approximate surface area is 236 Å². The van der Waals surface area contributed by atoms with Crippen LogP contribution in [0.2, 0.25) is 18.1 Å². The van der Waals surface area contributed by atoms with Crippen LogP contribution < -0.4 is 4.74 Å². The SMILES string of the molecule is CC(C)[C@@H]1CC[C@@H](C)C[C@]12Oc1ccccc1C(=O)N2C(=O)[C@@H](C)[C@H](O[Si](C)(C)C(C)(C)C)c1ccccc1. The molecule has 1 heterocycles. The van der Waals surface area contributed by atoms with Crippen molar-refractivity contribution in [3.05, 3.63) is 65.7 Å². The first-order valence-electron chi connectivity index (χ1n) is 14.6. The van der Waals surface area contributed by atoms with Crippen molar-refractivity contribution < 1.29 is 18.8 Å². The lowest BCUT2D eigenvalue weighted by Gasteiger charge is -2.55. The van der Waals surface area contributed by atoms with Crippen molar-refractivity contribution in [3.8, 4) is 5.75 Å². The number of rotatable bonds is 6. The first-order chi connectivity index (χ1) is 18.2. The van der Waals surface area contributed by atoms with Crippen molar-refractivity contribution in [3.63, 3.8) is 0 Å². The standard InChI is InChI=1S/C33H47NO4Si/c1-22(2)27-20-19-23(3)21-33(27)34(31(36)26-17-13-14-18-28(26)37-33)30(35)24(4)29(25-15-11-10-12-16-25)38-39(8,9)32(5,6)7/h10-18,22-24,27,29H,19-21H2,1-9H3/t23-,24+,27+,29+,33+/m1/s1. The van der Waals surface area contributed by atoms with Gasteiger partial charge in [-0.2, -0.15) is 0 Å². The lowest BCUT2D eigenvalue weighted by Crippen LogP contribution is -2.68. The lowest BCUT2D eigenvalue weighted by molar-refractivity contribution is -0.181. The number of carbonyl (C=O) groups excluding carboxylic acids is 2. The summed E-state index contributed by atoms with van der Waals surface area (Å²) in [5, 5.41) is -0.0332. The predicted octanol–water partition coefficient (Wildman–Crippen LogP) is 8.24. The smallest absolute Gasteiger partial charge is 0.267 e. The first-order valence-corrected chi connectivity index (χ1v) is 17.5. The van der Waals surface area contributed by atoms with Crippen molar-refractivity contribution in [1.82, 2.24) is 4.90 Å². The van der Waals surface area contributed by atoms with Gasteiger partial charge in [0.25, 0.3) is 5.91 Å². The van der Waals surface area contributed by atoms with E-state index in [4.69, 9.17) is 9.16 Å². The van der Waals surface area contributed by atoms with Crippen LogP contribution in [0.3, 0.4) is 0 Å². The van der Waals surface area contributed by atoms with Crippen LogP contribution in [0, 0.1) is 23.7 Å². The van der Waals surface area contributed by atoms with Crippen molar-refractivity contribution in [1.29, 1.82) is 0 Å². The summed E-state index contributed by atoms with van der Waals surface area (Å²) in [4.78, 5) is 30.6. The monoisotopic (exact) mass is 549 g/mol. The van der Waals surface area contributed by atoms with E-state index in [0.717, 1.165) is 18.4 Å². The number of nitrogens with zero attached hydrogens (tertiary/aromatic N) is 1. The Balaban J connectivity index is 1.83. The van der Waals surface area contributed by atoms with Crippen LogP contribution in [0.25, 0.3) is 0 Å². The molecule has 5 atom stereocenters. The molecule has 5 nitrogen and oxygen atoms in total. The summed E-state index contributed by atoms with van der Waals surface area (Å²) in [5.74, 6) is 0.136. The van der Waals surface area contributed by atoms with Crippen molar-refractivity contribution in [2.45, 2.75) is 97.7 Å². The summed E-state index contributed by atoms with van der Waals surface area (Å²) in [6.07, 6.45) is 2.13. The molecule has 1 saturated carbocycles. The lowest BCUT2D eigenvalue weighted by atomic mass is 9.69. The third kappa shape index (κ3) is 5.47. The predicted molar refractivity (Wildman–Crippen MR) is 159 cm³/mol. The highest BCUT2D eigenvalue weighted by Gasteiger charge is 2.58. The van der Waals surface area contributed by atoms with E-state index in [2.05, 4.69) is 54.6 Å². The molecule has 2 aliphatic rings. The second-order valence-corrected chi connectivity index (χ2v) is 18.4. The minimum absolute atomic E-state index is 0.0332. The van der Waals surface area contributed by atoms with Crippen molar-refractivity contribution in [2.75, 3.05) is 0 Å². The van der Waals surface area contributed by atoms with E-state index in [-0.39, 0.29) is 28.7 Å². The molecule has 2 aromatic carbocycles. The van der Waals surface area contributed by atoms with Crippen molar-refractivity contribution >= 4 is 20.1 Å². The molecule has 0 N–H and O–H groups in total. The number of hydrogen-bond acceptors (Lipinski definition) is 4. The van der Waals surface area contributed by atoms with E-state index in [1.165, 1.54) is 4.90 Å². The molecule has 1 spiro atoms. The molecule has 6 heteroatoms. The average molecular weight is 550 g/mol. The summed E-state index contributed by atoms with van der Waals surface area (Å²) < 4.78 is 13.8. The zero-order chi connectivity index (χ0) is 28.8. The molecular weight excluding hydrogens is 502 g/mol. The highest BCUT2D eigenvalue weighted by molar-refractivity contribution is 6.74. The molecule has 1 fully saturated rings. The van der Waals surface area contributed by atoms with Crippen LogP contribution >= 0.6 is 0 Å². The quantitative estimate of drug-likeness (QED) is 0.341. The third-order valence-electron chi connectivity index (χ3n) is 9.40. The van der Waals surface area contributed by atoms with Crippen LogP contribution in [0.4, 0.5) is 0 Å². The van der Waals surface area contributed by atoms with Crippen LogP contribution in [-0.4, -0.2) is 30.8 Å². The van der Waals surface area contributed by atoms with Crippen LogP contribution in [0.15, 0.2) is 54.6 Å². The Morgan fingerprint density at radius 3 is 2.26 bits per heavy atom. The maximum Gasteiger partial charge on any atom is 0.267 e. The van der Waals surface area contributed by atoms with Gasteiger partial charge in [0.1, 0.15) is 5.75 Å². The molecular formula is C33H47NO4Si. The molecule has 0 unspecified atom stereocenters. The Morgan fingerprint density at radius 2 is 1.64 bits per heavy atom. The highest BCUT2D eigenvalue weighted by atomic mass is 28.4. The van der Waals surface area contributed by atoms with Crippen molar-refractivity contribution in [2.24, 2.45) is 23.7 Å². The third-order valence-corrected chi connectivity index (χ3v) is 13.9. The molecule has 2 aromatic rings. The van der Waals surface area contributed by atoms with E-state index in [1.807, 2.05) is 55.5 Å². The van der Waals surface area contributed by atoms with Gasteiger partial charge in [0, 0.05) is 12.3 Å². The average Bonchev–Trinajstić information content (AvgIpc) is 2.86. The zero-order valence-electron chi connectivity index (χ0n) is 25.3. The zero-order valence-corrected chi connectivity index (χ0v) is 26.3. The molecule has 0 bridgehead atoms. The normalized spacial score (nSPS) is 25.3. The maximum absolute atomic E-state index is 14.8. The molecule has 4 rings (SSSR count). The number of hydrogen-bond donors (Lipinski definition) is 0. The van der Waals surface area contributed by atoms with E-state index in [0.29, 0.717) is 23.7 Å². The van der Waals surface area contributed by atoms with E-state index in [9.17, 15) is 9.59 Å². The largest absolute Gasteiger partial charge is 0.466 e. The van der Waals surface area contributed by atoms with Gasteiger partial charge in [-0.05, 0) is 60.5 Å². The van der Waals surface area contributed by atoms with Gasteiger partial charge < -0.3 is 9.16 Å². The molecule has 0 radical (unpaired) electrons. The molecule has 1 aliphatic heterocycles. The Kier molecular flexibility index (Phi) is 8.22. The minimum atomic E-state index is -2.26. The number of amides is 2. The molecule has 0 saturated heterocycles. The van der Waals surface area contributed by atoms with Gasteiger partial charge in [-0.25, -0.2) is 4.90 Å². The number of fused-ring (bicyclic) bond motifs is 1. The minimum Gasteiger partial charge on any atom is -0.466 e. The number of imide groups is 1. The fourth-order valence-electron chi connectivity index (χ4n) is 6.15. The topological polar surface area (TPSA) is 55.8 Å². The van der Waals surface area contributed by atoms with Gasteiger partial charge in [0.2, 0.25) is 5.91 Å². The summed E-state index contributed by atoms with van der Waals surface area (Å²) in [6, 6.07) is 17.4. The molecule has 212 valence electrons. The Hall–Kier alpha value is -2.44. The van der Waals surface area contributed by atoms with Gasteiger partial charge in [-0.15, -0.1) is 0 Å². The Bertz CT molecular complexity index is 1190. The summed E-state index contributed by atoms with van der Waals surface area (Å²) in [7, 11) is -2.26. The number of benzene rings is 2. The summed E-state index contributed by atoms with van der Waals surface area (Å²) in [5.41, 5.74) is 0.396. The van der Waals surface area contributed by atoms with Gasteiger partial charge in [0.15, 0.2) is 14.0 Å². The maximum atomic E-state index is 14.8.